The van der Waals surface area contributed by atoms with Crippen molar-refractivity contribution in [3.05, 3.63) is 42.0 Å². The van der Waals surface area contributed by atoms with Gasteiger partial charge in [-0.05, 0) is 31.9 Å². The van der Waals surface area contributed by atoms with Crippen molar-refractivity contribution in [2.45, 2.75) is 37.3 Å². The average Bonchev–Trinajstić information content (AvgIpc) is 3.16. The van der Waals surface area contributed by atoms with E-state index >= 15 is 0 Å². The van der Waals surface area contributed by atoms with Gasteiger partial charge in [-0.1, -0.05) is 17.7 Å². The molecule has 3 rings (SSSR count). The summed E-state index contributed by atoms with van der Waals surface area (Å²) in [6.45, 7) is 1.81. The molecule has 2 aromatic rings. The molecule has 1 aromatic heterocycles. The monoisotopic (exact) mass is 293 g/mol. The van der Waals surface area contributed by atoms with Crippen LogP contribution in [0.4, 0.5) is 0 Å². The summed E-state index contributed by atoms with van der Waals surface area (Å²) < 4.78 is 30.9. The zero-order valence-electron chi connectivity index (χ0n) is 11.1. The Morgan fingerprint density at radius 3 is 2.65 bits per heavy atom. The van der Waals surface area contributed by atoms with E-state index in [1.807, 2.05) is 6.92 Å². The number of hydrogen-bond acceptors (Lipinski definition) is 5. The first-order valence-corrected chi connectivity index (χ1v) is 7.81. The molecule has 0 bridgehead atoms. The van der Waals surface area contributed by atoms with Crippen LogP contribution < -0.4 is 0 Å². The van der Waals surface area contributed by atoms with E-state index in [9.17, 15) is 8.42 Å². The van der Waals surface area contributed by atoms with Crippen molar-refractivity contribution < 1.29 is 12.6 Å². The van der Waals surface area contributed by atoms with E-state index in [0.717, 1.165) is 18.4 Å². The molecule has 0 amide bonds. The highest BCUT2D eigenvalue weighted by atomic mass is 32.2. The summed E-state index contributed by atoms with van der Waals surface area (Å²) >= 11 is 0. The summed E-state index contributed by atoms with van der Waals surface area (Å²) in [6, 6.07) is 6.90. The van der Waals surface area contributed by atoms with Crippen molar-refractivity contribution in [3.63, 3.8) is 0 Å². The summed E-state index contributed by atoms with van der Waals surface area (Å²) in [5, 5.41) is 4.09. The Hall–Kier alpha value is -1.73. The van der Waals surface area contributed by atoms with Crippen LogP contribution in [0.5, 0.6) is 0 Å². The minimum Gasteiger partial charge on any atom is -0.258 e. The topological polar surface area (TPSA) is 74.1 Å². The highest BCUT2D eigenvalue weighted by Crippen LogP contribution is 2.34. The Morgan fingerprint density at radius 2 is 2.00 bits per heavy atom. The van der Waals surface area contributed by atoms with Crippen LogP contribution in [0.3, 0.4) is 0 Å². The Labute approximate surface area is 117 Å². The Morgan fingerprint density at radius 1 is 1.30 bits per heavy atom. The molecule has 0 spiro atoms. The molecule has 1 fully saturated rings. The third kappa shape index (κ3) is 2.73. The van der Waals surface area contributed by atoms with Crippen LogP contribution in [0.15, 0.2) is 35.5 Å². The summed E-state index contributed by atoms with van der Waals surface area (Å²) in [4.78, 5) is 4.20. The number of rotatable bonds is 5. The first-order chi connectivity index (χ1) is 9.56. The molecule has 0 radical (unpaired) electrons. The van der Waals surface area contributed by atoms with Crippen LogP contribution in [-0.2, 0) is 20.9 Å². The van der Waals surface area contributed by atoms with E-state index in [4.69, 9.17) is 4.18 Å². The maximum Gasteiger partial charge on any atom is 0.297 e. The minimum atomic E-state index is -3.76. The number of aryl methyl sites for hydroxylation is 1. The molecule has 1 aliphatic rings. The van der Waals surface area contributed by atoms with Gasteiger partial charge in [0.15, 0.2) is 5.82 Å². The highest BCUT2D eigenvalue weighted by Gasteiger charge is 2.27. The van der Waals surface area contributed by atoms with Crippen LogP contribution in [0.2, 0.25) is 0 Å². The Bertz CT molecular complexity index is 703. The lowest BCUT2D eigenvalue weighted by Crippen LogP contribution is -2.11. The van der Waals surface area contributed by atoms with Gasteiger partial charge in [0.05, 0.1) is 10.9 Å². The largest absolute Gasteiger partial charge is 0.297 e. The molecular formula is C13H15N3O3S. The van der Waals surface area contributed by atoms with E-state index in [2.05, 4.69) is 10.1 Å². The molecule has 106 valence electrons. The minimum absolute atomic E-state index is 0.0906. The standard InChI is InChI=1S/C13H15N3O3S/c1-10-2-6-12(7-3-10)20(17,18)19-8-13-14-9-15-16(13)11-4-5-11/h2-3,6-7,9,11H,4-5,8H2,1H3. The Kier molecular flexibility index (Phi) is 3.31. The van der Waals surface area contributed by atoms with Gasteiger partial charge in [-0.3, -0.25) is 4.18 Å². The van der Waals surface area contributed by atoms with Crippen molar-refractivity contribution in [1.82, 2.24) is 14.8 Å². The van der Waals surface area contributed by atoms with Gasteiger partial charge in [0, 0.05) is 0 Å². The molecule has 7 heteroatoms. The van der Waals surface area contributed by atoms with Crippen molar-refractivity contribution in [2.24, 2.45) is 0 Å². The van der Waals surface area contributed by atoms with Gasteiger partial charge in [-0.2, -0.15) is 13.5 Å². The molecule has 0 unspecified atom stereocenters. The van der Waals surface area contributed by atoms with Crippen LogP contribution in [-0.4, -0.2) is 23.2 Å². The van der Waals surface area contributed by atoms with Crippen LogP contribution in [0.25, 0.3) is 0 Å². The van der Waals surface area contributed by atoms with Gasteiger partial charge in [0.1, 0.15) is 12.9 Å². The number of nitrogens with zero attached hydrogens (tertiary/aromatic N) is 3. The summed E-state index contributed by atoms with van der Waals surface area (Å²) in [5.41, 5.74) is 0.998. The second kappa shape index (κ2) is 4.99. The fourth-order valence-electron chi connectivity index (χ4n) is 1.90. The fraction of sp³-hybridized carbons (Fsp3) is 0.385. The molecule has 6 nitrogen and oxygen atoms in total. The number of hydrogen-bond donors (Lipinski definition) is 0. The predicted octanol–water partition coefficient (Wildman–Crippen LogP) is 1.83. The lowest BCUT2D eigenvalue weighted by atomic mass is 10.2. The van der Waals surface area contributed by atoms with Crippen molar-refractivity contribution in [2.75, 3.05) is 0 Å². The lowest BCUT2D eigenvalue weighted by molar-refractivity contribution is 0.290. The van der Waals surface area contributed by atoms with Crippen molar-refractivity contribution in [3.8, 4) is 0 Å². The van der Waals surface area contributed by atoms with Gasteiger partial charge >= 0.3 is 0 Å². The number of benzene rings is 1. The third-order valence-electron chi connectivity index (χ3n) is 3.19. The van der Waals surface area contributed by atoms with Gasteiger partial charge in [0.25, 0.3) is 10.1 Å². The molecule has 20 heavy (non-hydrogen) atoms. The van der Waals surface area contributed by atoms with Gasteiger partial charge in [-0.15, -0.1) is 0 Å². The summed E-state index contributed by atoms with van der Waals surface area (Å²) in [7, 11) is -3.76. The van der Waals surface area contributed by atoms with E-state index in [0.29, 0.717) is 11.9 Å². The SMILES string of the molecule is Cc1ccc(S(=O)(=O)OCc2ncnn2C2CC2)cc1. The molecule has 1 heterocycles. The molecule has 0 aliphatic heterocycles. The molecule has 1 saturated carbocycles. The Balaban J connectivity index is 1.73. The molecule has 1 aliphatic carbocycles. The van der Waals surface area contributed by atoms with Crippen molar-refractivity contribution >= 4 is 10.1 Å². The molecule has 0 saturated heterocycles. The quantitative estimate of drug-likeness (QED) is 0.786. The lowest BCUT2D eigenvalue weighted by Gasteiger charge is -2.07. The maximum atomic E-state index is 12.1. The second-order valence-electron chi connectivity index (χ2n) is 4.88. The van der Waals surface area contributed by atoms with E-state index in [-0.39, 0.29) is 11.5 Å². The van der Waals surface area contributed by atoms with Crippen LogP contribution >= 0.6 is 0 Å². The maximum absolute atomic E-state index is 12.1. The highest BCUT2D eigenvalue weighted by molar-refractivity contribution is 7.86. The summed E-state index contributed by atoms with van der Waals surface area (Å²) in [5.74, 6) is 0.545. The van der Waals surface area contributed by atoms with Crippen LogP contribution in [0, 0.1) is 6.92 Å². The van der Waals surface area contributed by atoms with Crippen LogP contribution in [0.1, 0.15) is 30.3 Å². The number of aromatic nitrogens is 3. The average molecular weight is 293 g/mol. The normalized spacial score (nSPS) is 15.4. The smallest absolute Gasteiger partial charge is 0.258 e. The van der Waals surface area contributed by atoms with Gasteiger partial charge < -0.3 is 0 Å². The predicted molar refractivity (Wildman–Crippen MR) is 71.4 cm³/mol. The molecule has 0 N–H and O–H groups in total. The zero-order chi connectivity index (χ0) is 14.2. The fourth-order valence-corrected chi connectivity index (χ4v) is 2.77. The first-order valence-electron chi connectivity index (χ1n) is 6.41. The third-order valence-corrected chi connectivity index (χ3v) is 4.47. The van der Waals surface area contributed by atoms with E-state index < -0.39 is 10.1 Å². The van der Waals surface area contributed by atoms with Gasteiger partial charge in [-0.25, -0.2) is 9.67 Å². The van der Waals surface area contributed by atoms with Crippen molar-refractivity contribution in [1.29, 1.82) is 0 Å². The van der Waals surface area contributed by atoms with E-state index in [1.54, 1.807) is 16.8 Å². The molecule has 0 atom stereocenters. The molecule has 1 aromatic carbocycles. The molecular weight excluding hydrogens is 278 g/mol. The zero-order valence-corrected chi connectivity index (χ0v) is 11.9. The van der Waals surface area contributed by atoms with E-state index in [1.165, 1.54) is 18.5 Å². The van der Waals surface area contributed by atoms with Gasteiger partial charge in [0.2, 0.25) is 0 Å². The second-order valence-corrected chi connectivity index (χ2v) is 6.50. The summed E-state index contributed by atoms with van der Waals surface area (Å²) in [6.07, 6.45) is 3.54. The first kappa shape index (κ1) is 13.3.